The average Bonchev–Trinajstić information content (AvgIpc) is 3.06. The lowest BCUT2D eigenvalue weighted by Gasteiger charge is -2.21. The Morgan fingerprint density at radius 3 is 2.32 bits per heavy atom. The molecule has 164 valence electrons. The number of carbonyl (C=O) groups is 1. The summed E-state index contributed by atoms with van der Waals surface area (Å²) < 4.78 is 46.1. The number of hydrogen-bond donors (Lipinski definition) is 2. The van der Waals surface area contributed by atoms with Crippen LogP contribution in [0.25, 0.3) is 5.69 Å². The van der Waals surface area contributed by atoms with Crippen LogP contribution in [-0.4, -0.2) is 26.4 Å². The molecule has 6 nitrogen and oxygen atoms in total. The van der Waals surface area contributed by atoms with Gasteiger partial charge >= 0.3 is 6.18 Å². The predicted molar refractivity (Wildman–Crippen MR) is 110 cm³/mol. The number of aromatic hydroxyl groups is 1. The van der Waals surface area contributed by atoms with Gasteiger partial charge in [-0.3, -0.25) is 4.79 Å². The number of alkyl halides is 3. The van der Waals surface area contributed by atoms with Gasteiger partial charge in [0.2, 0.25) is 5.88 Å². The zero-order chi connectivity index (χ0) is 23.0. The summed E-state index contributed by atoms with van der Waals surface area (Å²) in [6.07, 6.45) is -4.63. The second kappa shape index (κ2) is 8.14. The van der Waals surface area contributed by atoms with E-state index in [0.29, 0.717) is 11.4 Å². The van der Waals surface area contributed by atoms with E-state index in [1.54, 1.807) is 20.8 Å². The maximum Gasteiger partial charge on any atom is 0.435 e. The van der Waals surface area contributed by atoms with Crippen molar-refractivity contribution in [2.24, 2.45) is 0 Å². The monoisotopic (exact) mass is 453 g/mol. The fourth-order valence-electron chi connectivity index (χ4n) is 2.65. The zero-order valence-corrected chi connectivity index (χ0v) is 17.5. The number of benzene rings is 2. The van der Waals surface area contributed by atoms with Gasteiger partial charge in [0.15, 0.2) is 5.69 Å². The maximum absolute atomic E-state index is 13.2. The first-order chi connectivity index (χ1) is 14.3. The number of hydrogen-bond acceptors (Lipinski definition) is 4. The lowest BCUT2D eigenvalue weighted by Crippen LogP contribution is -2.24. The van der Waals surface area contributed by atoms with Crippen molar-refractivity contribution in [1.82, 2.24) is 9.78 Å². The van der Waals surface area contributed by atoms with Crippen molar-refractivity contribution in [1.29, 1.82) is 0 Å². The first kappa shape index (κ1) is 22.5. The SMILES string of the molecule is CC(C)(C)Oc1cc(C(F)(F)F)nn1-c1ccc(NC(=O)c2cc(Cl)ccc2O)cc1. The highest BCUT2D eigenvalue weighted by Crippen LogP contribution is 2.33. The molecule has 10 heteroatoms. The third kappa shape index (κ3) is 5.49. The Balaban J connectivity index is 1.88. The molecule has 1 amide bonds. The summed E-state index contributed by atoms with van der Waals surface area (Å²) in [5, 5.41) is 16.3. The molecule has 0 unspecified atom stereocenters. The van der Waals surface area contributed by atoms with Crippen LogP contribution in [0.4, 0.5) is 18.9 Å². The van der Waals surface area contributed by atoms with Gasteiger partial charge in [-0.25, -0.2) is 4.68 Å². The van der Waals surface area contributed by atoms with Crippen LogP contribution in [0.1, 0.15) is 36.8 Å². The molecular formula is C21H19ClF3N3O3. The predicted octanol–water partition coefficient (Wildman–Crippen LogP) is 5.68. The van der Waals surface area contributed by atoms with Crippen LogP contribution in [-0.2, 0) is 6.18 Å². The highest BCUT2D eigenvalue weighted by molar-refractivity contribution is 6.31. The molecule has 0 bridgehead atoms. The molecule has 2 aromatic carbocycles. The van der Waals surface area contributed by atoms with Gasteiger partial charge in [0, 0.05) is 16.8 Å². The highest BCUT2D eigenvalue weighted by atomic mass is 35.5. The largest absolute Gasteiger partial charge is 0.507 e. The van der Waals surface area contributed by atoms with Crippen LogP contribution >= 0.6 is 11.6 Å². The molecule has 3 rings (SSSR count). The van der Waals surface area contributed by atoms with Crippen LogP contribution in [0.2, 0.25) is 5.02 Å². The minimum Gasteiger partial charge on any atom is -0.507 e. The Kier molecular flexibility index (Phi) is 5.91. The van der Waals surface area contributed by atoms with Crippen LogP contribution in [0.3, 0.4) is 0 Å². The second-order valence-electron chi connectivity index (χ2n) is 7.65. The van der Waals surface area contributed by atoms with E-state index in [-0.39, 0.29) is 22.2 Å². The van der Waals surface area contributed by atoms with Crippen LogP contribution < -0.4 is 10.1 Å². The molecule has 0 saturated heterocycles. The molecule has 0 aliphatic heterocycles. The fraction of sp³-hybridized carbons (Fsp3) is 0.238. The number of anilines is 1. The second-order valence-corrected chi connectivity index (χ2v) is 8.09. The molecule has 3 aromatic rings. The zero-order valence-electron chi connectivity index (χ0n) is 16.8. The number of phenolic OH excluding ortho intramolecular Hbond substituents is 1. The summed E-state index contributed by atoms with van der Waals surface area (Å²) in [7, 11) is 0. The Bertz CT molecular complexity index is 1100. The van der Waals surface area contributed by atoms with Crippen molar-refractivity contribution < 1.29 is 27.8 Å². The third-order valence-electron chi connectivity index (χ3n) is 3.95. The topological polar surface area (TPSA) is 76.4 Å². The van der Waals surface area contributed by atoms with Crippen LogP contribution in [0.5, 0.6) is 11.6 Å². The van der Waals surface area contributed by atoms with Crippen LogP contribution in [0, 0.1) is 0 Å². The Hall–Kier alpha value is -3.20. The Morgan fingerprint density at radius 1 is 1.10 bits per heavy atom. The number of rotatable bonds is 4. The standard InChI is InChI=1S/C21H19ClF3N3O3/c1-20(2,3)31-18-11-17(21(23,24)25)27-28(18)14-7-5-13(6-8-14)26-19(30)15-10-12(22)4-9-16(15)29/h4-11,29H,1-3H3,(H,26,30). The maximum atomic E-state index is 13.2. The number of amides is 1. The van der Waals surface area contributed by atoms with E-state index in [1.165, 1.54) is 42.5 Å². The van der Waals surface area contributed by atoms with Crippen molar-refractivity contribution in [3.8, 4) is 17.3 Å². The van der Waals surface area contributed by atoms with Crippen molar-refractivity contribution in [2.75, 3.05) is 5.32 Å². The van der Waals surface area contributed by atoms with Gasteiger partial charge < -0.3 is 15.2 Å². The van der Waals surface area contributed by atoms with Crippen LogP contribution in [0.15, 0.2) is 48.5 Å². The number of carbonyl (C=O) groups excluding carboxylic acids is 1. The lowest BCUT2D eigenvalue weighted by molar-refractivity contribution is -0.141. The number of aromatic nitrogens is 2. The molecule has 2 N–H and O–H groups in total. The molecule has 0 radical (unpaired) electrons. The van der Waals surface area contributed by atoms with Gasteiger partial charge in [0.05, 0.1) is 11.3 Å². The van der Waals surface area contributed by atoms with E-state index >= 15 is 0 Å². The number of halogens is 4. The summed E-state index contributed by atoms with van der Waals surface area (Å²) in [5.74, 6) is -0.901. The van der Waals surface area contributed by atoms with Crippen molar-refractivity contribution in [2.45, 2.75) is 32.5 Å². The third-order valence-corrected chi connectivity index (χ3v) is 4.19. The molecule has 0 spiro atoms. The minimum atomic E-state index is -4.63. The van der Waals surface area contributed by atoms with E-state index in [0.717, 1.165) is 10.7 Å². The summed E-state index contributed by atoms with van der Waals surface area (Å²) in [6, 6.07) is 10.8. The number of nitrogens with one attached hydrogen (secondary N) is 1. The highest BCUT2D eigenvalue weighted by Gasteiger charge is 2.36. The first-order valence-electron chi connectivity index (χ1n) is 9.10. The Morgan fingerprint density at radius 2 is 1.74 bits per heavy atom. The number of nitrogens with zero attached hydrogens (tertiary/aromatic N) is 2. The van der Waals surface area contributed by atoms with Crippen molar-refractivity contribution in [3.05, 3.63) is 64.8 Å². The lowest BCUT2D eigenvalue weighted by atomic mass is 10.2. The molecule has 0 fully saturated rings. The molecular weight excluding hydrogens is 435 g/mol. The van der Waals surface area contributed by atoms with Gasteiger partial charge in [0.25, 0.3) is 5.91 Å². The first-order valence-corrected chi connectivity index (χ1v) is 9.48. The number of ether oxygens (including phenoxy) is 1. The summed E-state index contributed by atoms with van der Waals surface area (Å²) in [5.41, 5.74) is -1.18. The molecule has 0 aliphatic carbocycles. The number of phenols is 1. The van der Waals surface area contributed by atoms with E-state index in [2.05, 4.69) is 10.4 Å². The molecule has 1 heterocycles. The van der Waals surface area contributed by atoms with Crippen molar-refractivity contribution in [3.63, 3.8) is 0 Å². The van der Waals surface area contributed by atoms with Gasteiger partial charge in [-0.2, -0.15) is 18.3 Å². The van der Waals surface area contributed by atoms with Gasteiger partial charge in [-0.1, -0.05) is 11.6 Å². The fourth-order valence-corrected chi connectivity index (χ4v) is 2.82. The van der Waals surface area contributed by atoms with Gasteiger partial charge in [-0.05, 0) is 63.2 Å². The Labute approximate surface area is 181 Å². The average molecular weight is 454 g/mol. The summed E-state index contributed by atoms with van der Waals surface area (Å²) in [4.78, 5) is 12.4. The van der Waals surface area contributed by atoms with Gasteiger partial charge in [0.1, 0.15) is 11.4 Å². The molecule has 0 atom stereocenters. The van der Waals surface area contributed by atoms with E-state index in [4.69, 9.17) is 16.3 Å². The molecule has 0 saturated carbocycles. The molecule has 1 aromatic heterocycles. The van der Waals surface area contributed by atoms with Crippen molar-refractivity contribution >= 4 is 23.2 Å². The molecule has 31 heavy (non-hydrogen) atoms. The quantitative estimate of drug-likeness (QED) is 0.533. The smallest absolute Gasteiger partial charge is 0.435 e. The summed E-state index contributed by atoms with van der Waals surface area (Å²) >= 11 is 5.85. The minimum absolute atomic E-state index is 0.0145. The molecule has 0 aliphatic rings. The normalized spacial score (nSPS) is 12.0. The van der Waals surface area contributed by atoms with Gasteiger partial charge in [-0.15, -0.1) is 0 Å². The summed E-state index contributed by atoms with van der Waals surface area (Å²) in [6.45, 7) is 5.13. The van der Waals surface area contributed by atoms with E-state index in [9.17, 15) is 23.1 Å². The van der Waals surface area contributed by atoms with E-state index < -0.39 is 23.4 Å². The van der Waals surface area contributed by atoms with E-state index in [1.807, 2.05) is 0 Å².